The number of anilines is 1. The van der Waals surface area contributed by atoms with Crippen molar-refractivity contribution in [2.45, 2.75) is 57.2 Å². The highest BCUT2D eigenvalue weighted by atomic mass is 32.2. The van der Waals surface area contributed by atoms with Gasteiger partial charge in [0.15, 0.2) is 0 Å². The average molecular weight is 390 g/mol. The van der Waals surface area contributed by atoms with Gasteiger partial charge >= 0.3 is 0 Å². The third kappa shape index (κ3) is 4.65. The molecule has 0 spiro atoms. The van der Waals surface area contributed by atoms with Crippen LogP contribution in [0, 0.1) is 5.92 Å². The van der Waals surface area contributed by atoms with E-state index in [9.17, 15) is 13.2 Å². The number of carbonyl (C=O) groups excluding carboxylic acids is 1. The van der Waals surface area contributed by atoms with E-state index >= 15 is 0 Å². The van der Waals surface area contributed by atoms with Crippen LogP contribution in [0.4, 0.5) is 5.69 Å². The molecule has 2 N–H and O–H groups in total. The van der Waals surface area contributed by atoms with E-state index in [1.54, 1.807) is 27.0 Å². The summed E-state index contributed by atoms with van der Waals surface area (Å²) in [7, 11) is -3.36. The summed E-state index contributed by atoms with van der Waals surface area (Å²) < 4.78 is 26.5. The fraction of sp³-hybridized carbons (Fsp3) is 0.500. The minimum atomic E-state index is -3.36. The maximum atomic E-state index is 12.6. The molecule has 0 unspecified atom stereocenters. The van der Waals surface area contributed by atoms with Crippen LogP contribution in [0.25, 0.3) is 10.9 Å². The topological polar surface area (TPSA) is 88.2 Å². The molecule has 7 heteroatoms. The van der Waals surface area contributed by atoms with Crippen molar-refractivity contribution in [1.82, 2.24) is 9.71 Å². The summed E-state index contributed by atoms with van der Waals surface area (Å²) in [5.74, 6) is -0.0969. The molecular formula is C20H27N3O3S. The fourth-order valence-electron chi connectivity index (χ4n) is 3.27. The third-order valence-corrected chi connectivity index (χ3v) is 7.35. The molecule has 1 aromatic heterocycles. The summed E-state index contributed by atoms with van der Waals surface area (Å²) in [6.07, 6.45) is 4.45. The summed E-state index contributed by atoms with van der Waals surface area (Å²) in [6, 6.07) is 9.41. The molecule has 1 aliphatic rings. The van der Waals surface area contributed by atoms with Crippen LogP contribution < -0.4 is 10.0 Å². The van der Waals surface area contributed by atoms with Crippen molar-refractivity contribution in [1.29, 1.82) is 0 Å². The molecule has 1 saturated carbocycles. The smallest absolute Gasteiger partial charge is 0.227 e. The molecule has 146 valence electrons. The quantitative estimate of drug-likeness (QED) is 0.838. The van der Waals surface area contributed by atoms with Crippen LogP contribution in [0.3, 0.4) is 0 Å². The number of benzene rings is 1. The molecule has 1 amide bonds. The van der Waals surface area contributed by atoms with Gasteiger partial charge in [0.25, 0.3) is 0 Å². The molecule has 0 aliphatic heterocycles. The molecule has 1 aliphatic carbocycles. The van der Waals surface area contributed by atoms with Gasteiger partial charge < -0.3 is 5.32 Å². The van der Waals surface area contributed by atoms with E-state index in [0.29, 0.717) is 25.7 Å². The largest absolute Gasteiger partial charge is 0.326 e. The van der Waals surface area contributed by atoms with Crippen LogP contribution in [0.2, 0.25) is 0 Å². The van der Waals surface area contributed by atoms with Crippen molar-refractivity contribution in [3.63, 3.8) is 0 Å². The van der Waals surface area contributed by atoms with Crippen molar-refractivity contribution in [3.05, 3.63) is 36.5 Å². The number of fused-ring (bicyclic) bond motifs is 1. The van der Waals surface area contributed by atoms with Crippen molar-refractivity contribution in [3.8, 4) is 0 Å². The fourth-order valence-corrected chi connectivity index (χ4v) is 4.30. The molecule has 0 saturated heterocycles. The summed E-state index contributed by atoms with van der Waals surface area (Å²) in [5.41, 5.74) is 1.65. The van der Waals surface area contributed by atoms with Gasteiger partial charge in [0, 0.05) is 29.2 Å². The van der Waals surface area contributed by atoms with Gasteiger partial charge in [-0.05, 0) is 70.7 Å². The minimum Gasteiger partial charge on any atom is -0.326 e. The van der Waals surface area contributed by atoms with E-state index in [-0.39, 0.29) is 17.9 Å². The maximum absolute atomic E-state index is 12.6. The Balaban J connectivity index is 1.56. The molecule has 0 radical (unpaired) electrons. The highest BCUT2D eigenvalue weighted by Gasteiger charge is 2.34. The first-order valence-corrected chi connectivity index (χ1v) is 10.8. The van der Waals surface area contributed by atoms with Crippen molar-refractivity contribution in [2.24, 2.45) is 5.92 Å². The summed E-state index contributed by atoms with van der Waals surface area (Å²) in [4.78, 5) is 16.9. The van der Waals surface area contributed by atoms with Crippen LogP contribution >= 0.6 is 0 Å². The number of amides is 1. The van der Waals surface area contributed by atoms with Gasteiger partial charge in [-0.25, -0.2) is 13.1 Å². The van der Waals surface area contributed by atoms with Crippen LogP contribution in [0.15, 0.2) is 36.5 Å². The Morgan fingerprint density at radius 3 is 2.48 bits per heavy atom. The summed E-state index contributed by atoms with van der Waals surface area (Å²) in [5, 5.41) is 3.97. The number of nitrogens with one attached hydrogen (secondary N) is 2. The lowest BCUT2D eigenvalue weighted by Gasteiger charge is -2.30. The average Bonchev–Trinajstić information content (AvgIpc) is 2.61. The Bertz CT molecular complexity index is 927. The number of hydrogen-bond acceptors (Lipinski definition) is 4. The second kappa shape index (κ2) is 7.56. The number of aromatic nitrogens is 1. The van der Waals surface area contributed by atoms with E-state index in [1.165, 1.54) is 0 Å². The van der Waals surface area contributed by atoms with Gasteiger partial charge in [0.05, 0.1) is 10.3 Å². The number of sulfonamides is 1. The predicted molar refractivity (Wildman–Crippen MR) is 108 cm³/mol. The first-order valence-electron chi connectivity index (χ1n) is 9.33. The predicted octanol–water partition coefficient (Wildman–Crippen LogP) is 3.45. The van der Waals surface area contributed by atoms with Gasteiger partial charge in [0.1, 0.15) is 0 Å². The van der Waals surface area contributed by atoms with Gasteiger partial charge in [-0.2, -0.15) is 0 Å². The molecule has 3 rings (SSSR count). The normalized spacial score (nSPS) is 21.1. The zero-order valence-corrected chi connectivity index (χ0v) is 16.8. The van der Waals surface area contributed by atoms with Gasteiger partial charge in [-0.3, -0.25) is 9.78 Å². The van der Waals surface area contributed by atoms with Crippen LogP contribution in [0.1, 0.15) is 46.5 Å². The van der Waals surface area contributed by atoms with Crippen LogP contribution in [-0.4, -0.2) is 30.1 Å². The van der Waals surface area contributed by atoms with E-state index in [1.807, 2.05) is 30.3 Å². The lowest BCUT2D eigenvalue weighted by Crippen LogP contribution is -2.46. The number of nitrogens with zero attached hydrogens (tertiary/aromatic N) is 1. The van der Waals surface area contributed by atoms with E-state index in [2.05, 4.69) is 15.0 Å². The van der Waals surface area contributed by atoms with Crippen molar-refractivity contribution >= 4 is 32.5 Å². The summed E-state index contributed by atoms with van der Waals surface area (Å²) in [6.45, 7) is 5.06. The molecule has 27 heavy (non-hydrogen) atoms. The number of hydrogen-bond donors (Lipinski definition) is 2. The monoisotopic (exact) mass is 389 g/mol. The Labute approximate surface area is 160 Å². The molecule has 1 aromatic carbocycles. The van der Waals surface area contributed by atoms with E-state index in [0.717, 1.165) is 16.6 Å². The SMILES string of the molecule is CC(C)(C)S(=O)(=O)NC1CCC(C(=O)Nc2ccc3ncccc3c2)CC1. The molecule has 6 nitrogen and oxygen atoms in total. The summed E-state index contributed by atoms with van der Waals surface area (Å²) >= 11 is 0. The van der Waals surface area contributed by atoms with Crippen molar-refractivity contribution in [2.75, 3.05) is 5.32 Å². The van der Waals surface area contributed by atoms with Gasteiger partial charge in [0.2, 0.25) is 15.9 Å². The molecule has 0 bridgehead atoms. The Kier molecular flexibility index (Phi) is 5.53. The van der Waals surface area contributed by atoms with E-state index in [4.69, 9.17) is 0 Å². The highest BCUT2D eigenvalue weighted by Crippen LogP contribution is 2.28. The molecule has 1 fully saturated rings. The molecule has 2 aromatic rings. The molecule has 0 atom stereocenters. The molecule has 1 heterocycles. The Morgan fingerprint density at radius 2 is 1.81 bits per heavy atom. The van der Waals surface area contributed by atoms with Crippen LogP contribution in [0.5, 0.6) is 0 Å². The second-order valence-electron chi connectivity index (χ2n) is 8.18. The standard InChI is InChI=1S/C20H27N3O3S/c1-20(2,3)27(25,26)23-16-8-6-14(7-9-16)19(24)22-17-10-11-18-15(13-17)5-4-12-21-18/h4-5,10-14,16,23H,6-9H2,1-3H3,(H,22,24). The Morgan fingerprint density at radius 1 is 1.11 bits per heavy atom. The van der Waals surface area contributed by atoms with Gasteiger partial charge in [-0.1, -0.05) is 6.07 Å². The number of carbonyl (C=O) groups is 1. The van der Waals surface area contributed by atoms with Crippen molar-refractivity contribution < 1.29 is 13.2 Å². The van der Waals surface area contributed by atoms with Crippen LogP contribution in [-0.2, 0) is 14.8 Å². The Hall–Kier alpha value is -1.99. The zero-order chi connectivity index (χ0) is 19.7. The zero-order valence-electron chi connectivity index (χ0n) is 16.0. The highest BCUT2D eigenvalue weighted by molar-refractivity contribution is 7.90. The third-order valence-electron chi connectivity index (χ3n) is 5.10. The first-order chi connectivity index (χ1) is 12.7. The second-order valence-corrected chi connectivity index (χ2v) is 10.6. The lowest BCUT2D eigenvalue weighted by molar-refractivity contribution is -0.120. The first kappa shape index (κ1) is 19.8. The maximum Gasteiger partial charge on any atom is 0.227 e. The lowest BCUT2D eigenvalue weighted by atomic mass is 9.86. The van der Waals surface area contributed by atoms with Gasteiger partial charge in [-0.15, -0.1) is 0 Å². The van der Waals surface area contributed by atoms with E-state index < -0.39 is 14.8 Å². The number of rotatable bonds is 4. The molecular weight excluding hydrogens is 362 g/mol. The number of pyridine rings is 1. The minimum absolute atomic E-state index is 0.00429.